The van der Waals surface area contributed by atoms with E-state index in [0.717, 1.165) is 13.2 Å². The topological polar surface area (TPSA) is 85.2 Å². The minimum absolute atomic E-state index is 0.164. The SMILES string of the molecule is COC(=O)c1cc(=O)c(C(F)F)c(CN)[nH]1. The molecule has 0 atom stereocenters. The highest BCUT2D eigenvalue weighted by molar-refractivity contribution is 5.87. The van der Waals surface area contributed by atoms with Gasteiger partial charge in [0.15, 0.2) is 5.43 Å². The molecule has 16 heavy (non-hydrogen) atoms. The number of carbonyl (C=O) groups is 1. The lowest BCUT2D eigenvalue weighted by atomic mass is 10.1. The van der Waals surface area contributed by atoms with E-state index < -0.39 is 23.4 Å². The number of hydrogen-bond donors (Lipinski definition) is 2. The molecule has 0 amide bonds. The molecule has 0 fully saturated rings. The van der Waals surface area contributed by atoms with Crippen molar-refractivity contribution in [1.29, 1.82) is 0 Å². The monoisotopic (exact) mass is 232 g/mol. The van der Waals surface area contributed by atoms with Crippen molar-refractivity contribution in [2.24, 2.45) is 5.73 Å². The lowest BCUT2D eigenvalue weighted by Crippen LogP contribution is -2.20. The number of aromatic amines is 1. The van der Waals surface area contributed by atoms with E-state index in [1.165, 1.54) is 0 Å². The summed E-state index contributed by atoms with van der Waals surface area (Å²) in [4.78, 5) is 24.8. The predicted molar refractivity (Wildman–Crippen MR) is 51.3 cm³/mol. The van der Waals surface area contributed by atoms with Crippen molar-refractivity contribution in [3.05, 3.63) is 33.2 Å². The summed E-state index contributed by atoms with van der Waals surface area (Å²) in [6.07, 6.45) is -2.94. The molecule has 0 aromatic carbocycles. The molecule has 1 aromatic rings. The molecule has 1 aromatic heterocycles. The second-order valence-corrected chi connectivity index (χ2v) is 2.94. The first-order valence-electron chi connectivity index (χ1n) is 4.33. The third kappa shape index (κ3) is 2.25. The maximum absolute atomic E-state index is 12.5. The average Bonchev–Trinajstić information content (AvgIpc) is 2.26. The van der Waals surface area contributed by atoms with Gasteiger partial charge in [-0.1, -0.05) is 0 Å². The van der Waals surface area contributed by atoms with Crippen LogP contribution in [0.15, 0.2) is 10.9 Å². The first-order valence-corrected chi connectivity index (χ1v) is 4.33. The summed E-state index contributed by atoms with van der Waals surface area (Å²) in [5.74, 6) is -0.812. The molecule has 0 aliphatic carbocycles. The van der Waals surface area contributed by atoms with Crippen molar-refractivity contribution in [1.82, 2.24) is 4.98 Å². The van der Waals surface area contributed by atoms with E-state index in [4.69, 9.17) is 5.73 Å². The van der Waals surface area contributed by atoms with Crippen LogP contribution >= 0.6 is 0 Å². The van der Waals surface area contributed by atoms with Gasteiger partial charge in [0.2, 0.25) is 0 Å². The van der Waals surface area contributed by atoms with Gasteiger partial charge in [-0.3, -0.25) is 4.79 Å². The van der Waals surface area contributed by atoms with E-state index in [1.54, 1.807) is 0 Å². The van der Waals surface area contributed by atoms with Gasteiger partial charge in [0, 0.05) is 18.3 Å². The van der Waals surface area contributed by atoms with Crippen LogP contribution in [0.2, 0.25) is 0 Å². The summed E-state index contributed by atoms with van der Waals surface area (Å²) < 4.78 is 29.4. The standard InChI is InChI=1S/C9H10F2N2O3/c1-16-9(15)4-2-6(14)7(8(10)11)5(3-12)13-4/h2,8H,3,12H2,1H3,(H,13,14). The predicted octanol–water partition coefficient (Wildman–Crippen LogP) is 0.558. The summed E-state index contributed by atoms with van der Waals surface area (Å²) in [5.41, 5.74) is 3.20. The molecule has 0 saturated heterocycles. The fourth-order valence-corrected chi connectivity index (χ4v) is 1.24. The highest BCUT2D eigenvalue weighted by Gasteiger charge is 2.19. The quantitative estimate of drug-likeness (QED) is 0.745. The molecule has 88 valence electrons. The fraction of sp³-hybridized carbons (Fsp3) is 0.333. The number of esters is 1. The summed E-state index contributed by atoms with van der Waals surface area (Å²) in [5, 5.41) is 0. The van der Waals surface area contributed by atoms with Crippen LogP contribution in [-0.2, 0) is 11.3 Å². The largest absolute Gasteiger partial charge is 0.464 e. The number of carbonyl (C=O) groups excluding carboxylic acids is 1. The third-order valence-corrected chi connectivity index (χ3v) is 1.98. The number of aromatic nitrogens is 1. The minimum atomic E-state index is -2.94. The Hall–Kier alpha value is -1.76. The van der Waals surface area contributed by atoms with Crippen molar-refractivity contribution in [3.8, 4) is 0 Å². The smallest absolute Gasteiger partial charge is 0.354 e. The van der Waals surface area contributed by atoms with Gasteiger partial charge in [0.05, 0.1) is 12.7 Å². The number of H-pyrrole nitrogens is 1. The minimum Gasteiger partial charge on any atom is -0.464 e. The van der Waals surface area contributed by atoms with Crippen LogP contribution in [0, 0.1) is 0 Å². The van der Waals surface area contributed by atoms with Crippen LogP contribution in [0.25, 0.3) is 0 Å². The van der Waals surface area contributed by atoms with E-state index in [-0.39, 0.29) is 17.9 Å². The normalized spacial score (nSPS) is 10.6. The van der Waals surface area contributed by atoms with Crippen LogP contribution < -0.4 is 11.2 Å². The number of nitrogens with two attached hydrogens (primary N) is 1. The zero-order valence-corrected chi connectivity index (χ0v) is 8.42. The van der Waals surface area contributed by atoms with E-state index >= 15 is 0 Å². The van der Waals surface area contributed by atoms with Gasteiger partial charge in [0.1, 0.15) is 5.69 Å². The zero-order valence-electron chi connectivity index (χ0n) is 8.42. The van der Waals surface area contributed by atoms with Gasteiger partial charge in [-0.05, 0) is 0 Å². The van der Waals surface area contributed by atoms with Gasteiger partial charge in [0.25, 0.3) is 6.43 Å². The molecule has 3 N–H and O–H groups in total. The van der Waals surface area contributed by atoms with Crippen LogP contribution in [0.3, 0.4) is 0 Å². The number of nitrogens with one attached hydrogen (secondary N) is 1. The molecular formula is C9H10F2N2O3. The Labute approximate surface area is 89.2 Å². The fourth-order valence-electron chi connectivity index (χ4n) is 1.24. The highest BCUT2D eigenvalue weighted by Crippen LogP contribution is 2.18. The van der Waals surface area contributed by atoms with Gasteiger partial charge in [-0.2, -0.15) is 0 Å². The Balaban J connectivity index is 3.38. The van der Waals surface area contributed by atoms with Gasteiger partial charge < -0.3 is 15.5 Å². The Bertz CT molecular complexity index is 457. The molecule has 0 saturated carbocycles. The van der Waals surface area contributed by atoms with Crippen molar-refractivity contribution >= 4 is 5.97 Å². The number of ether oxygens (including phenoxy) is 1. The molecule has 0 radical (unpaired) electrons. The van der Waals surface area contributed by atoms with Crippen LogP contribution in [0.5, 0.6) is 0 Å². The van der Waals surface area contributed by atoms with Gasteiger partial charge >= 0.3 is 5.97 Å². The zero-order chi connectivity index (χ0) is 12.3. The Morgan fingerprint density at radius 2 is 2.25 bits per heavy atom. The molecule has 1 rings (SSSR count). The van der Waals surface area contributed by atoms with Crippen molar-refractivity contribution in [3.63, 3.8) is 0 Å². The maximum atomic E-state index is 12.5. The molecule has 7 heteroatoms. The number of methoxy groups -OCH3 is 1. The lowest BCUT2D eigenvalue weighted by molar-refractivity contribution is 0.0592. The first-order chi connectivity index (χ1) is 7.51. The number of halogens is 2. The molecular weight excluding hydrogens is 222 g/mol. The average molecular weight is 232 g/mol. The summed E-state index contributed by atoms with van der Waals surface area (Å²) in [7, 11) is 1.11. The highest BCUT2D eigenvalue weighted by atomic mass is 19.3. The molecule has 5 nitrogen and oxygen atoms in total. The summed E-state index contributed by atoms with van der Waals surface area (Å²) >= 11 is 0. The van der Waals surface area contributed by atoms with Crippen molar-refractivity contribution in [2.45, 2.75) is 13.0 Å². The van der Waals surface area contributed by atoms with Crippen molar-refractivity contribution < 1.29 is 18.3 Å². The molecule has 0 aliphatic heterocycles. The van der Waals surface area contributed by atoms with E-state index in [2.05, 4.69) is 9.72 Å². The van der Waals surface area contributed by atoms with Crippen LogP contribution in [0.4, 0.5) is 8.78 Å². The number of pyridine rings is 1. The molecule has 1 heterocycles. The Kier molecular flexibility index (Phi) is 3.73. The number of alkyl halides is 2. The number of rotatable bonds is 3. The van der Waals surface area contributed by atoms with Crippen LogP contribution in [0.1, 0.15) is 28.2 Å². The molecule has 0 spiro atoms. The Morgan fingerprint density at radius 1 is 1.62 bits per heavy atom. The third-order valence-electron chi connectivity index (χ3n) is 1.98. The lowest BCUT2D eigenvalue weighted by Gasteiger charge is -2.08. The summed E-state index contributed by atoms with van der Waals surface area (Å²) in [6, 6.07) is 0.770. The maximum Gasteiger partial charge on any atom is 0.354 e. The van der Waals surface area contributed by atoms with E-state index in [0.29, 0.717) is 0 Å². The molecule has 0 aliphatic rings. The molecule has 0 unspecified atom stereocenters. The first kappa shape index (κ1) is 12.3. The van der Waals surface area contributed by atoms with Crippen molar-refractivity contribution in [2.75, 3.05) is 7.11 Å². The Morgan fingerprint density at radius 3 is 2.69 bits per heavy atom. The number of hydrogen-bond acceptors (Lipinski definition) is 4. The van der Waals surface area contributed by atoms with Crippen LogP contribution in [-0.4, -0.2) is 18.1 Å². The van der Waals surface area contributed by atoms with Gasteiger partial charge in [-0.15, -0.1) is 0 Å². The summed E-state index contributed by atoms with van der Waals surface area (Å²) in [6.45, 7) is -0.292. The second kappa shape index (κ2) is 4.84. The second-order valence-electron chi connectivity index (χ2n) is 2.94. The van der Waals surface area contributed by atoms with E-state index in [9.17, 15) is 18.4 Å². The molecule has 0 bridgehead atoms. The van der Waals surface area contributed by atoms with E-state index in [1.807, 2.05) is 0 Å². The van der Waals surface area contributed by atoms with Gasteiger partial charge in [-0.25, -0.2) is 13.6 Å².